The zero-order chi connectivity index (χ0) is 37.9. The predicted molar refractivity (Wildman–Crippen MR) is 208 cm³/mol. The number of ether oxygens (including phenoxy) is 2. The third-order valence-electron chi connectivity index (χ3n) is 9.04. The Morgan fingerprint density at radius 3 is 1.45 bits per heavy atom. The van der Waals surface area contributed by atoms with Crippen molar-refractivity contribution in [2.24, 2.45) is 0 Å². The molecule has 0 spiro atoms. The van der Waals surface area contributed by atoms with Gasteiger partial charge in [0.15, 0.2) is 6.10 Å². The van der Waals surface area contributed by atoms with Gasteiger partial charge in [0, 0.05) is 12.8 Å². The first kappa shape index (κ1) is 49.8. The van der Waals surface area contributed by atoms with E-state index in [4.69, 9.17) is 18.5 Å². The molecule has 0 aliphatic heterocycles. The number of hydrogen-bond donors (Lipinski definition) is 0. The van der Waals surface area contributed by atoms with Gasteiger partial charge in [-0.3, -0.25) is 14.2 Å². The zero-order valence-corrected chi connectivity index (χ0v) is 34.7. The number of quaternary nitrogens is 1. The molecule has 0 heterocycles. The van der Waals surface area contributed by atoms with Gasteiger partial charge < -0.3 is 27.9 Å². The van der Waals surface area contributed by atoms with Crippen LogP contribution in [0.3, 0.4) is 0 Å². The van der Waals surface area contributed by atoms with Gasteiger partial charge in [0.1, 0.15) is 19.8 Å². The fourth-order valence-corrected chi connectivity index (χ4v) is 6.44. The second kappa shape index (κ2) is 34.5. The summed E-state index contributed by atoms with van der Waals surface area (Å²) in [5.41, 5.74) is 0. The lowest BCUT2D eigenvalue weighted by molar-refractivity contribution is -0.870. The number of phosphoric ester groups is 1. The molecule has 9 nitrogen and oxygen atoms in total. The van der Waals surface area contributed by atoms with E-state index >= 15 is 0 Å². The summed E-state index contributed by atoms with van der Waals surface area (Å²) in [5.74, 6) is -0.838. The molecule has 0 saturated heterocycles. The molecule has 0 N–H and O–H groups in total. The Morgan fingerprint density at radius 2 is 1.00 bits per heavy atom. The van der Waals surface area contributed by atoms with E-state index < -0.39 is 26.5 Å². The fraction of sp³-hybridized carbons (Fsp3) is 0.902. The van der Waals surface area contributed by atoms with E-state index in [0.29, 0.717) is 17.4 Å². The number of carbonyl (C=O) groups is 2. The smallest absolute Gasteiger partial charge is 0.306 e. The summed E-state index contributed by atoms with van der Waals surface area (Å²) in [6.45, 7) is 4.21. The van der Waals surface area contributed by atoms with Crippen molar-refractivity contribution < 1.29 is 42.1 Å². The molecule has 0 aromatic heterocycles. The first-order valence-electron chi connectivity index (χ1n) is 20.9. The Bertz CT molecular complexity index is 891. The van der Waals surface area contributed by atoms with Crippen LogP contribution < -0.4 is 4.89 Å². The number of esters is 2. The maximum atomic E-state index is 12.6. The van der Waals surface area contributed by atoms with E-state index in [9.17, 15) is 19.0 Å². The molecule has 0 bridgehead atoms. The minimum absolute atomic E-state index is 0.0295. The fourth-order valence-electron chi connectivity index (χ4n) is 5.71. The summed E-state index contributed by atoms with van der Waals surface area (Å²) < 4.78 is 33.8. The van der Waals surface area contributed by atoms with Crippen molar-refractivity contribution in [1.82, 2.24) is 0 Å². The molecule has 0 aliphatic carbocycles. The first-order valence-corrected chi connectivity index (χ1v) is 22.4. The molecule has 10 heteroatoms. The molecule has 0 aromatic rings. The number of unbranched alkanes of at least 4 members (excludes halogenated alkanes) is 22. The van der Waals surface area contributed by atoms with E-state index in [1.165, 1.54) is 103 Å². The molecule has 0 rings (SSSR count). The molecule has 0 aromatic carbocycles. The van der Waals surface area contributed by atoms with Gasteiger partial charge in [0.2, 0.25) is 0 Å². The lowest BCUT2D eigenvalue weighted by Gasteiger charge is -2.28. The van der Waals surface area contributed by atoms with Gasteiger partial charge in [-0.05, 0) is 38.5 Å². The molecule has 0 fully saturated rings. The number of phosphoric acid groups is 1. The average molecular weight is 746 g/mol. The van der Waals surface area contributed by atoms with Crippen LogP contribution in [-0.2, 0) is 32.7 Å². The van der Waals surface area contributed by atoms with Crippen LogP contribution in [0.1, 0.15) is 187 Å². The summed E-state index contributed by atoms with van der Waals surface area (Å²) in [4.78, 5) is 37.4. The topological polar surface area (TPSA) is 111 Å². The van der Waals surface area contributed by atoms with Crippen LogP contribution >= 0.6 is 7.82 Å². The number of hydrogen-bond acceptors (Lipinski definition) is 8. The summed E-state index contributed by atoms with van der Waals surface area (Å²) >= 11 is 0. The second-order valence-corrected chi connectivity index (χ2v) is 16.8. The van der Waals surface area contributed by atoms with Gasteiger partial charge in [0.25, 0.3) is 7.82 Å². The third kappa shape index (κ3) is 38.3. The Morgan fingerprint density at radius 1 is 0.588 bits per heavy atom. The van der Waals surface area contributed by atoms with Crippen LogP contribution in [0.15, 0.2) is 12.2 Å². The van der Waals surface area contributed by atoms with Crippen molar-refractivity contribution in [3.63, 3.8) is 0 Å². The highest BCUT2D eigenvalue weighted by Gasteiger charge is 2.21. The highest BCUT2D eigenvalue weighted by Crippen LogP contribution is 2.38. The number of rotatable bonds is 38. The standard InChI is InChI=1S/C41H80NO8P/c1-6-8-10-12-14-16-18-20-22-24-26-28-30-32-34-41(44)50-39(38-49-51(45,46)48-36-35-42(3,4)5)37-47-40(43)33-31-29-27-25-23-21-19-17-15-13-11-9-7-2/h18,20,39H,6-17,19,21-38H2,1-5H3/b20-18-. The average Bonchev–Trinajstić information content (AvgIpc) is 3.07. The van der Waals surface area contributed by atoms with Gasteiger partial charge in [0.05, 0.1) is 27.7 Å². The first-order chi connectivity index (χ1) is 24.5. The Kier molecular flexibility index (Phi) is 33.7. The van der Waals surface area contributed by atoms with Crippen molar-refractivity contribution in [1.29, 1.82) is 0 Å². The molecule has 302 valence electrons. The summed E-state index contributed by atoms with van der Waals surface area (Å²) in [7, 11) is 1.17. The van der Waals surface area contributed by atoms with Crippen molar-refractivity contribution in [3.05, 3.63) is 12.2 Å². The van der Waals surface area contributed by atoms with Crippen LogP contribution in [0.4, 0.5) is 0 Å². The Labute approximate surface area is 314 Å². The molecule has 0 radical (unpaired) electrons. The molecule has 2 atom stereocenters. The van der Waals surface area contributed by atoms with Crippen LogP contribution in [-0.4, -0.2) is 70.0 Å². The van der Waals surface area contributed by atoms with Gasteiger partial charge in [-0.2, -0.15) is 0 Å². The highest BCUT2D eigenvalue weighted by molar-refractivity contribution is 7.45. The monoisotopic (exact) mass is 746 g/mol. The van der Waals surface area contributed by atoms with Crippen molar-refractivity contribution in [2.75, 3.05) is 47.5 Å². The SMILES string of the molecule is CCCCCCC/C=C\CCCCCCCC(=O)OC(COC(=O)CCCCCCCCCCCCCCC)COP(=O)([O-])OCC[N+](C)(C)C. The number of likely N-dealkylation sites (N-methyl/N-ethyl adjacent to an activating group) is 1. The molecule has 51 heavy (non-hydrogen) atoms. The van der Waals surface area contributed by atoms with E-state index in [1.807, 2.05) is 21.1 Å². The van der Waals surface area contributed by atoms with E-state index in [-0.39, 0.29) is 32.0 Å². The highest BCUT2D eigenvalue weighted by atomic mass is 31.2. The minimum Gasteiger partial charge on any atom is -0.756 e. The molecular weight excluding hydrogens is 665 g/mol. The maximum absolute atomic E-state index is 12.6. The van der Waals surface area contributed by atoms with Crippen LogP contribution in [0.5, 0.6) is 0 Å². The van der Waals surface area contributed by atoms with E-state index in [0.717, 1.165) is 51.4 Å². The third-order valence-corrected chi connectivity index (χ3v) is 10.00. The van der Waals surface area contributed by atoms with Crippen molar-refractivity contribution in [3.8, 4) is 0 Å². The summed E-state index contributed by atoms with van der Waals surface area (Å²) in [6.07, 6.45) is 33.7. The predicted octanol–water partition coefficient (Wildman–Crippen LogP) is 10.8. The van der Waals surface area contributed by atoms with Crippen LogP contribution in [0.25, 0.3) is 0 Å². The van der Waals surface area contributed by atoms with E-state index in [1.54, 1.807) is 0 Å². The number of nitrogens with zero attached hydrogens (tertiary/aromatic N) is 1. The molecule has 0 aliphatic rings. The Hall–Kier alpha value is -1.25. The maximum Gasteiger partial charge on any atom is 0.306 e. The molecule has 2 unspecified atom stereocenters. The van der Waals surface area contributed by atoms with Crippen molar-refractivity contribution in [2.45, 2.75) is 193 Å². The quantitative estimate of drug-likeness (QED) is 0.0202. The normalized spacial score (nSPS) is 13.8. The number of carbonyl (C=O) groups excluding carboxylic acids is 2. The summed E-state index contributed by atoms with van der Waals surface area (Å²) in [6, 6.07) is 0. The van der Waals surface area contributed by atoms with Crippen LogP contribution in [0.2, 0.25) is 0 Å². The summed E-state index contributed by atoms with van der Waals surface area (Å²) in [5, 5.41) is 0. The lowest BCUT2D eigenvalue weighted by atomic mass is 10.0. The second-order valence-electron chi connectivity index (χ2n) is 15.4. The minimum atomic E-state index is -4.62. The Balaban J connectivity index is 4.39. The van der Waals surface area contributed by atoms with Gasteiger partial charge in [-0.25, -0.2) is 0 Å². The molecule has 0 amide bonds. The zero-order valence-electron chi connectivity index (χ0n) is 33.8. The van der Waals surface area contributed by atoms with E-state index in [2.05, 4.69) is 26.0 Å². The van der Waals surface area contributed by atoms with Gasteiger partial charge in [-0.15, -0.1) is 0 Å². The van der Waals surface area contributed by atoms with Gasteiger partial charge in [-0.1, -0.05) is 148 Å². The number of allylic oxidation sites excluding steroid dienone is 2. The van der Waals surface area contributed by atoms with Crippen LogP contribution in [0, 0.1) is 0 Å². The van der Waals surface area contributed by atoms with Crippen molar-refractivity contribution >= 4 is 19.8 Å². The molecular formula is C41H80NO8P. The van der Waals surface area contributed by atoms with Gasteiger partial charge >= 0.3 is 11.9 Å². The lowest BCUT2D eigenvalue weighted by Crippen LogP contribution is -2.37. The largest absolute Gasteiger partial charge is 0.756 e. The molecule has 0 saturated carbocycles.